The highest BCUT2D eigenvalue weighted by Crippen LogP contribution is 2.54. The Kier molecular flexibility index (Phi) is 7.85. The molecule has 5 N–H and O–H groups in total. The lowest BCUT2D eigenvalue weighted by atomic mass is 9.83. The molecule has 42 heavy (non-hydrogen) atoms. The van der Waals surface area contributed by atoms with Crippen molar-refractivity contribution in [2.24, 2.45) is 5.73 Å². The third kappa shape index (κ3) is 5.45. The number of benzene rings is 4. The molecular weight excluding hydrogens is 540 g/mol. The Morgan fingerprint density at radius 3 is 2.40 bits per heavy atom. The SMILES string of the molecule is CCCOC(O)NC(N)c1ccc(CNC(=O)c2ccc3c(c2)[C@@H]2O[C@H]3c3ccc(-c4ccc(F)cc4F)cc32)cc1. The van der Waals surface area contributed by atoms with Crippen molar-refractivity contribution in [3.05, 3.63) is 129 Å². The van der Waals surface area contributed by atoms with Gasteiger partial charge in [-0.15, -0.1) is 0 Å². The number of carbonyl (C=O) groups is 1. The Bertz CT molecular complexity index is 1630. The molecule has 0 radical (unpaired) electrons. The van der Waals surface area contributed by atoms with Gasteiger partial charge in [0, 0.05) is 23.7 Å². The maximum Gasteiger partial charge on any atom is 0.251 e. The van der Waals surface area contributed by atoms with Gasteiger partial charge in [-0.05, 0) is 75.7 Å². The van der Waals surface area contributed by atoms with E-state index < -0.39 is 24.2 Å². The molecule has 0 saturated heterocycles. The van der Waals surface area contributed by atoms with Crippen LogP contribution in [0.3, 0.4) is 0 Å². The minimum Gasteiger partial charge on any atom is -0.356 e. The molecule has 2 unspecified atom stereocenters. The van der Waals surface area contributed by atoms with Gasteiger partial charge in [-0.1, -0.05) is 49.4 Å². The zero-order chi connectivity index (χ0) is 29.4. The first-order chi connectivity index (χ1) is 20.3. The maximum absolute atomic E-state index is 14.5. The third-order valence-corrected chi connectivity index (χ3v) is 7.67. The summed E-state index contributed by atoms with van der Waals surface area (Å²) in [6.45, 7) is 2.69. The van der Waals surface area contributed by atoms with Gasteiger partial charge < -0.3 is 25.6 Å². The maximum atomic E-state index is 14.5. The zero-order valence-corrected chi connectivity index (χ0v) is 22.9. The third-order valence-electron chi connectivity index (χ3n) is 7.67. The van der Waals surface area contributed by atoms with E-state index in [1.165, 1.54) is 12.1 Å². The van der Waals surface area contributed by atoms with Crippen molar-refractivity contribution in [1.29, 1.82) is 0 Å². The lowest BCUT2D eigenvalue weighted by Gasteiger charge is -2.19. The molecule has 9 heteroatoms. The predicted molar refractivity (Wildman–Crippen MR) is 153 cm³/mol. The second kappa shape index (κ2) is 11.7. The van der Waals surface area contributed by atoms with Gasteiger partial charge in [-0.3, -0.25) is 4.79 Å². The number of fused-ring (bicyclic) bond motifs is 8. The number of rotatable bonds is 10. The van der Waals surface area contributed by atoms with Crippen LogP contribution in [-0.4, -0.2) is 24.0 Å². The first-order valence-corrected chi connectivity index (χ1v) is 13.9. The number of nitrogens with two attached hydrogens (primary N) is 1. The largest absolute Gasteiger partial charge is 0.356 e. The number of hydrogen-bond acceptors (Lipinski definition) is 6. The van der Waals surface area contributed by atoms with E-state index in [-0.39, 0.29) is 18.1 Å². The molecule has 216 valence electrons. The summed E-state index contributed by atoms with van der Waals surface area (Å²) in [5.41, 5.74) is 13.1. The molecule has 0 aliphatic carbocycles. The summed E-state index contributed by atoms with van der Waals surface area (Å²) >= 11 is 0. The molecule has 4 aromatic carbocycles. The van der Waals surface area contributed by atoms with Gasteiger partial charge in [-0.2, -0.15) is 0 Å². The molecule has 6 rings (SSSR count). The first kappa shape index (κ1) is 28.1. The molecule has 2 aliphatic rings. The molecule has 1 amide bonds. The summed E-state index contributed by atoms with van der Waals surface area (Å²) in [6, 6.07) is 22.1. The Labute approximate surface area is 242 Å². The van der Waals surface area contributed by atoms with Crippen molar-refractivity contribution in [2.45, 2.75) is 44.7 Å². The fourth-order valence-corrected chi connectivity index (χ4v) is 5.53. The fourth-order valence-electron chi connectivity index (χ4n) is 5.53. The molecule has 0 saturated carbocycles. The molecule has 2 aliphatic heterocycles. The van der Waals surface area contributed by atoms with Crippen LogP contribution in [0.15, 0.2) is 78.9 Å². The monoisotopic (exact) mass is 571 g/mol. The molecule has 4 atom stereocenters. The molecular formula is C33H31F2N3O4. The summed E-state index contributed by atoms with van der Waals surface area (Å²) in [5.74, 6) is -1.47. The van der Waals surface area contributed by atoms with Crippen molar-refractivity contribution in [3.8, 4) is 11.1 Å². The van der Waals surface area contributed by atoms with Crippen LogP contribution in [0.2, 0.25) is 0 Å². The summed E-state index contributed by atoms with van der Waals surface area (Å²) in [7, 11) is 0. The van der Waals surface area contributed by atoms with Crippen LogP contribution in [0.4, 0.5) is 8.78 Å². The van der Waals surface area contributed by atoms with E-state index in [4.69, 9.17) is 15.2 Å². The molecule has 0 spiro atoms. The summed E-state index contributed by atoms with van der Waals surface area (Å²) in [6.07, 6.45) is -1.60. The van der Waals surface area contributed by atoms with Crippen LogP contribution >= 0.6 is 0 Å². The van der Waals surface area contributed by atoms with Crippen LogP contribution < -0.4 is 16.4 Å². The van der Waals surface area contributed by atoms with E-state index in [2.05, 4.69) is 10.6 Å². The number of carbonyl (C=O) groups excluding carboxylic acids is 1. The molecule has 4 aromatic rings. The van der Waals surface area contributed by atoms with Gasteiger partial charge in [0.05, 0.1) is 12.8 Å². The van der Waals surface area contributed by atoms with E-state index >= 15 is 0 Å². The van der Waals surface area contributed by atoms with Gasteiger partial charge >= 0.3 is 0 Å². The van der Waals surface area contributed by atoms with Crippen molar-refractivity contribution >= 4 is 5.91 Å². The average molecular weight is 572 g/mol. The number of ether oxygens (including phenoxy) is 2. The lowest BCUT2D eigenvalue weighted by molar-refractivity contribution is -0.126. The van der Waals surface area contributed by atoms with Gasteiger partial charge in [0.2, 0.25) is 6.41 Å². The van der Waals surface area contributed by atoms with Gasteiger partial charge in [0.15, 0.2) is 0 Å². The predicted octanol–water partition coefficient (Wildman–Crippen LogP) is 5.33. The number of amides is 1. The average Bonchev–Trinajstić information content (AvgIpc) is 3.56. The first-order valence-electron chi connectivity index (χ1n) is 13.9. The van der Waals surface area contributed by atoms with Gasteiger partial charge in [0.1, 0.15) is 23.8 Å². The van der Waals surface area contributed by atoms with Crippen molar-refractivity contribution in [1.82, 2.24) is 10.6 Å². The fraction of sp³-hybridized carbons (Fsp3) is 0.242. The number of aliphatic hydroxyl groups is 1. The van der Waals surface area contributed by atoms with Gasteiger partial charge in [0.25, 0.3) is 5.91 Å². The standard InChI is InChI=1S/C33H31F2N3O4/c1-2-13-41-33(40)38-31(36)19-5-3-18(4-6-19)17-37-32(39)21-8-11-25-27(15-21)30-26-14-20(7-10-24(26)29(25)42-30)23-12-9-22(34)16-28(23)35/h3-12,14-16,29-31,33,38,40H,2,13,17,36H2,1H3,(H,37,39)/t29-,30+,31?,33?/m0/s1. The second-order valence-corrected chi connectivity index (χ2v) is 10.5. The second-order valence-electron chi connectivity index (χ2n) is 10.5. The topological polar surface area (TPSA) is 106 Å². The summed E-state index contributed by atoms with van der Waals surface area (Å²) < 4.78 is 39.3. The van der Waals surface area contributed by atoms with Crippen molar-refractivity contribution < 1.29 is 28.2 Å². The molecule has 2 heterocycles. The minimum absolute atomic E-state index is 0.221. The highest BCUT2D eigenvalue weighted by molar-refractivity contribution is 5.94. The Balaban J connectivity index is 1.12. The van der Waals surface area contributed by atoms with Crippen LogP contribution in [0.25, 0.3) is 11.1 Å². The summed E-state index contributed by atoms with van der Waals surface area (Å²) in [4.78, 5) is 13.1. The van der Waals surface area contributed by atoms with Crippen molar-refractivity contribution in [2.75, 3.05) is 6.61 Å². The highest BCUT2D eigenvalue weighted by atomic mass is 19.1. The van der Waals surface area contributed by atoms with Crippen LogP contribution in [0.5, 0.6) is 0 Å². The smallest absolute Gasteiger partial charge is 0.251 e. The summed E-state index contributed by atoms with van der Waals surface area (Å²) in [5, 5.41) is 15.6. The normalized spacial score (nSPS) is 17.9. The number of hydrogen-bond donors (Lipinski definition) is 4. The number of halogens is 2. The molecule has 0 fully saturated rings. The van der Waals surface area contributed by atoms with E-state index in [1.54, 1.807) is 6.07 Å². The molecule has 2 bridgehead atoms. The van der Waals surface area contributed by atoms with E-state index in [9.17, 15) is 18.7 Å². The van der Waals surface area contributed by atoms with Crippen molar-refractivity contribution in [3.63, 3.8) is 0 Å². The van der Waals surface area contributed by atoms with Crippen LogP contribution in [0, 0.1) is 11.6 Å². The lowest BCUT2D eigenvalue weighted by Crippen LogP contribution is -2.39. The zero-order valence-electron chi connectivity index (χ0n) is 22.9. The Morgan fingerprint density at radius 1 is 0.952 bits per heavy atom. The number of nitrogens with one attached hydrogen (secondary N) is 2. The van der Waals surface area contributed by atoms with E-state index in [0.717, 1.165) is 45.9 Å². The Hall–Kier alpha value is -3.99. The number of aliphatic hydroxyl groups excluding tert-OH is 1. The Morgan fingerprint density at radius 2 is 1.67 bits per heavy atom. The van der Waals surface area contributed by atoms with E-state index in [0.29, 0.717) is 29.8 Å². The highest BCUT2D eigenvalue weighted by Gasteiger charge is 2.43. The van der Waals surface area contributed by atoms with Crippen LogP contribution in [-0.2, 0) is 16.0 Å². The minimum atomic E-state index is -1.15. The quantitative estimate of drug-likeness (QED) is 0.192. The van der Waals surface area contributed by atoms with Gasteiger partial charge in [-0.25, -0.2) is 14.1 Å². The van der Waals surface area contributed by atoms with E-state index in [1.807, 2.05) is 61.5 Å². The molecule has 7 nitrogen and oxygen atoms in total. The van der Waals surface area contributed by atoms with Crippen LogP contribution in [0.1, 0.15) is 75.5 Å². The molecule has 0 aromatic heterocycles.